The van der Waals surface area contributed by atoms with Crippen molar-refractivity contribution in [1.29, 1.82) is 0 Å². The summed E-state index contributed by atoms with van der Waals surface area (Å²) in [6.07, 6.45) is 1.05. The normalized spacial score (nSPS) is 16.8. The van der Waals surface area contributed by atoms with Crippen LogP contribution < -0.4 is 4.90 Å². The molecule has 2 heterocycles. The standard InChI is InChI=1S/C22H31FN4O/c1-16(2)21-13-22(17(3)4)27(24-21)14-20(15-28)26-11-9-25(10-12-26)19-7-5-18(23)6-8-19/h5-8,13,15-17,20H,9-12,14H2,1-4H3. The molecule has 0 N–H and O–H groups in total. The van der Waals surface area contributed by atoms with Crippen LogP contribution in [0.25, 0.3) is 0 Å². The summed E-state index contributed by atoms with van der Waals surface area (Å²) >= 11 is 0. The van der Waals surface area contributed by atoms with Crippen LogP contribution in [0.4, 0.5) is 10.1 Å². The second kappa shape index (κ2) is 8.86. The number of nitrogens with zero attached hydrogens (tertiary/aromatic N) is 4. The van der Waals surface area contributed by atoms with Crippen molar-refractivity contribution >= 4 is 12.0 Å². The summed E-state index contributed by atoms with van der Waals surface area (Å²) in [5.41, 5.74) is 3.29. The van der Waals surface area contributed by atoms with Crippen LogP contribution in [0.15, 0.2) is 30.3 Å². The Kier molecular flexibility index (Phi) is 6.50. The zero-order valence-corrected chi connectivity index (χ0v) is 17.3. The predicted molar refractivity (Wildman–Crippen MR) is 110 cm³/mol. The Bertz CT molecular complexity index is 776. The molecule has 5 nitrogen and oxygen atoms in total. The lowest BCUT2D eigenvalue weighted by Crippen LogP contribution is -2.52. The first-order chi connectivity index (χ1) is 13.4. The molecule has 1 unspecified atom stereocenters. The highest BCUT2D eigenvalue weighted by Gasteiger charge is 2.25. The molecule has 1 fully saturated rings. The number of hydrogen-bond acceptors (Lipinski definition) is 4. The van der Waals surface area contributed by atoms with Crippen LogP contribution in [-0.2, 0) is 11.3 Å². The van der Waals surface area contributed by atoms with Crippen LogP contribution in [0.2, 0.25) is 0 Å². The summed E-state index contributed by atoms with van der Waals surface area (Å²) in [7, 11) is 0. The molecule has 3 rings (SSSR count). The summed E-state index contributed by atoms with van der Waals surface area (Å²) in [6, 6.07) is 8.60. The van der Waals surface area contributed by atoms with E-state index in [4.69, 9.17) is 5.10 Å². The molecular formula is C22H31FN4O. The fourth-order valence-corrected chi connectivity index (χ4v) is 3.73. The number of rotatable bonds is 7. The number of aromatic nitrogens is 2. The molecule has 1 aromatic carbocycles. The van der Waals surface area contributed by atoms with E-state index in [0.717, 1.165) is 43.8 Å². The Balaban J connectivity index is 1.66. The molecule has 6 heteroatoms. The van der Waals surface area contributed by atoms with Crippen molar-refractivity contribution in [3.8, 4) is 0 Å². The minimum atomic E-state index is -0.218. The van der Waals surface area contributed by atoms with Crippen LogP contribution in [0.3, 0.4) is 0 Å². The molecule has 152 valence electrons. The molecule has 1 aromatic heterocycles. The van der Waals surface area contributed by atoms with Gasteiger partial charge < -0.3 is 9.69 Å². The number of benzene rings is 1. The van der Waals surface area contributed by atoms with E-state index in [2.05, 4.69) is 43.6 Å². The average Bonchev–Trinajstić information content (AvgIpc) is 3.11. The predicted octanol–water partition coefficient (Wildman–Crippen LogP) is 3.66. The van der Waals surface area contributed by atoms with E-state index >= 15 is 0 Å². The highest BCUT2D eigenvalue weighted by molar-refractivity contribution is 5.57. The molecule has 0 saturated carbocycles. The number of hydrogen-bond donors (Lipinski definition) is 0. The third-order valence-corrected chi connectivity index (χ3v) is 5.51. The Morgan fingerprint density at radius 1 is 1.04 bits per heavy atom. The van der Waals surface area contributed by atoms with Gasteiger partial charge >= 0.3 is 0 Å². The molecule has 1 aliphatic heterocycles. The van der Waals surface area contributed by atoms with E-state index in [1.165, 1.54) is 17.8 Å². The first-order valence-electron chi connectivity index (χ1n) is 10.2. The summed E-state index contributed by atoms with van der Waals surface area (Å²) in [5, 5.41) is 4.77. The van der Waals surface area contributed by atoms with Gasteiger partial charge in [-0.25, -0.2) is 4.39 Å². The number of halogens is 1. The van der Waals surface area contributed by atoms with Gasteiger partial charge in [-0.2, -0.15) is 5.10 Å². The maximum Gasteiger partial charge on any atom is 0.139 e. The van der Waals surface area contributed by atoms with Crippen LogP contribution in [0.1, 0.15) is 50.9 Å². The number of carbonyl (C=O) groups is 1. The van der Waals surface area contributed by atoms with Crippen LogP contribution in [0.5, 0.6) is 0 Å². The van der Waals surface area contributed by atoms with Crippen molar-refractivity contribution in [3.05, 3.63) is 47.5 Å². The second-order valence-electron chi connectivity index (χ2n) is 8.19. The number of aldehydes is 1. The molecule has 28 heavy (non-hydrogen) atoms. The molecule has 0 amide bonds. The van der Waals surface area contributed by atoms with Crippen molar-refractivity contribution in [2.75, 3.05) is 31.1 Å². The Labute approximate surface area is 167 Å². The van der Waals surface area contributed by atoms with E-state index in [1.54, 1.807) is 0 Å². The van der Waals surface area contributed by atoms with Gasteiger partial charge in [0.2, 0.25) is 0 Å². The lowest BCUT2D eigenvalue weighted by molar-refractivity contribution is -0.113. The monoisotopic (exact) mass is 386 g/mol. The van der Waals surface area contributed by atoms with Crippen LogP contribution in [0, 0.1) is 5.82 Å². The molecule has 0 bridgehead atoms. The van der Waals surface area contributed by atoms with Crippen molar-refractivity contribution < 1.29 is 9.18 Å². The smallest absolute Gasteiger partial charge is 0.139 e. The Hall–Kier alpha value is -2.21. The number of piperazine rings is 1. The van der Waals surface area contributed by atoms with Crippen molar-refractivity contribution in [2.45, 2.75) is 52.1 Å². The summed E-state index contributed by atoms with van der Waals surface area (Å²) < 4.78 is 15.2. The summed E-state index contributed by atoms with van der Waals surface area (Å²) in [6.45, 7) is 12.4. The molecular weight excluding hydrogens is 355 g/mol. The van der Waals surface area contributed by atoms with Crippen LogP contribution in [-0.4, -0.2) is 53.2 Å². The highest BCUT2D eigenvalue weighted by atomic mass is 19.1. The van der Waals surface area contributed by atoms with Gasteiger partial charge in [0.25, 0.3) is 0 Å². The Morgan fingerprint density at radius 3 is 2.21 bits per heavy atom. The molecule has 1 aliphatic rings. The number of carbonyl (C=O) groups excluding carboxylic acids is 1. The highest BCUT2D eigenvalue weighted by Crippen LogP contribution is 2.22. The first-order valence-corrected chi connectivity index (χ1v) is 10.2. The van der Waals surface area contributed by atoms with Gasteiger partial charge in [0.05, 0.1) is 18.3 Å². The van der Waals surface area contributed by atoms with Crippen molar-refractivity contribution in [2.24, 2.45) is 0 Å². The summed E-state index contributed by atoms with van der Waals surface area (Å²) in [5.74, 6) is 0.514. The molecule has 0 radical (unpaired) electrons. The topological polar surface area (TPSA) is 41.4 Å². The minimum Gasteiger partial charge on any atom is -0.369 e. The SMILES string of the molecule is CC(C)c1cc(C(C)C)n(CC(C=O)N2CCN(c3ccc(F)cc3)CC2)n1. The van der Waals surface area contributed by atoms with E-state index in [-0.39, 0.29) is 11.9 Å². The molecule has 1 atom stereocenters. The fourth-order valence-electron chi connectivity index (χ4n) is 3.73. The van der Waals surface area contributed by atoms with Gasteiger partial charge in [-0.1, -0.05) is 27.7 Å². The van der Waals surface area contributed by atoms with Gasteiger partial charge in [-0.3, -0.25) is 9.58 Å². The van der Waals surface area contributed by atoms with Crippen molar-refractivity contribution in [3.63, 3.8) is 0 Å². The molecule has 1 saturated heterocycles. The van der Waals surface area contributed by atoms with Gasteiger partial charge in [-0.15, -0.1) is 0 Å². The fraction of sp³-hybridized carbons (Fsp3) is 0.545. The lowest BCUT2D eigenvalue weighted by Gasteiger charge is -2.38. The largest absolute Gasteiger partial charge is 0.369 e. The van der Waals surface area contributed by atoms with E-state index in [9.17, 15) is 9.18 Å². The molecule has 0 aliphatic carbocycles. The van der Waals surface area contributed by atoms with Gasteiger partial charge in [0.1, 0.15) is 12.1 Å². The third kappa shape index (κ3) is 4.61. The van der Waals surface area contributed by atoms with Gasteiger partial charge in [-0.05, 0) is 42.2 Å². The van der Waals surface area contributed by atoms with Gasteiger partial charge in [0, 0.05) is 37.6 Å². The maximum absolute atomic E-state index is 13.1. The lowest BCUT2D eigenvalue weighted by atomic mass is 10.1. The van der Waals surface area contributed by atoms with E-state index in [1.807, 2.05) is 16.8 Å². The van der Waals surface area contributed by atoms with Gasteiger partial charge in [0.15, 0.2) is 0 Å². The zero-order valence-electron chi connectivity index (χ0n) is 17.3. The number of anilines is 1. The summed E-state index contributed by atoms with van der Waals surface area (Å²) in [4.78, 5) is 16.3. The third-order valence-electron chi connectivity index (χ3n) is 5.51. The zero-order chi connectivity index (χ0) is 20.3. The second-order valence-corrected chi connectivity index (χ2v) is 8.19. The Morgan fingerprint density at radius 2 is 1.68 bits per heavy atom. The van der Waals surface area contributed by atoms with Crippen LogP contribution >= 0.6 is 0 Å². The average molecular weight is 387 g/mol. The van der Waals surface area contributed by atoms with E-state index in [0.29, 0.717) is 18.4 Å². The first kappa shape index (κ1) is 20.5. The minimum absolute atomic E-state index is 0.187. The maximum atomic E-state index is 13.1. The molecule has 0 spiro atoms. The van der Waals surface area contributed by atoms with E-state index < -0.39 is 0 Å². The molecule has 2 aromatic rings. The quantitative estimate of drug-likeness (QED) is 0.681. The van der Waals surface area contributed by atoms with Crippen molar-refractivity contribution in [1.82, 2.24) is 14.7 Å².